The van der Waals surface area contributed by atoms with Crippen molar-refractivity contribution in [3.8, 4) is 0 Å². The molecule has 5 nitrogen and oxygen atoms in total. The number of halogens is 1. The molecular weight excluding hydrogens is 298 g/mol. The molecule has 0 saturated carbocycles. The zero-order chi connectivity index (χ0) is 13.0. The van der Waals surface area contributed by atoms with E-state index in [4.69, 9.17) is 0 Å². The lowest BCUT2D eigenvalue weighted by molar-refractivity contribution is -0.385. The second-order valence-electron chi connectivity index (χ2n) is 3.63. The van der Waals surface area contributed by atoms with Crippen LogP contribution in [-0.4, -0.2) is 9.91 Å². The predicted octanol–water partition coefficient (Wildman–Crippen LogP) is 3.36. The number of anilines is 1. The van der Waals surface area contributed by atoms with Crippen LogP contribution in [-0.2, 0) is 6.54 Å². The van der Waals surface area contributed by atoms with E-state index in [1.54, 1.807) is 30.6 Å². The first-order chi connectivity index (χ1) is 8.66. The van der Waals surface area contributed by atoms with E-state index in [-0.39, 0.29) is 10.6 Å². The van der Waals surface area contributed by atoms with Crippen LogP contribution in [0.5, 0.6) is 0 Å². The Kier molecular flexibility index (Phi) is 3.88. The van der Waals surface area contributed by atoms with Crippen LogP contribution in [0.2, 0.25) is 0 Å². The zero-order valence-electron chi connectivity index (χ0n) is 9.34. The van der Waals surface area contributed by atoms with Crippen LogP contribution in [0.4, 0.5) is 11.4 Å². The molecule has 0 fully saturated rings. The third kappa shape index (κ3) is 3.04. The first-order valence-corrected chi connectivity index (χ1v) is 6.03. The van der Waals surface area contributed by atoms with Crippen LogP contribution < -0.4 is 5.32 Å². The highest BCUT2D eigenvalue weighted by atomic mass is 79.9. The number of nitro groups is 1. The quantitative estimate of drug-likeness (QED) is 0.694. The molecule has 0 spiro atoms. The predicted molar refractivity (Wildman–Crippen MR) is 72.4 cm³/mol. The molecule has 0 atom stereocenters. The largest absolute Gasteiger partial charge is 0.379 e. The van der Waals surface area contributed by atoms with Crippen molar-refractivity contribution < 1.29 is 4.92 Å². The third-order valence-electron chi connectivity index (χ3n) is 2.38. The molecule has 1 aromatic carbocycles. The SMILES string of the molecule is O=[N+]([O-])c1ccc(Br)cc1CNc1cccnc1. The summed E-state index contributed by atoms with van der Waals surface area (Å²) in [5, 5.41) is 14.0. The van der Waals surface area contributed by atoms with Crippen LogP contribution >= 0.6 is 15.9 Å². The number of aromatic nitrogens is 1. The highest BCUT2D eigenvalue weighted by Crippen LogP contribution is 2.23. The minimum atomic E-state index is -0.382. The Hall–Kier alpha value is -1.95. The van der Waals surface area contributed by atoms with Gasteiger partial charge in [0, 0.05) is 35.0 Å². The Morgan fingerprint density at radius 1 is 1.39 bits per heavy atom. The molecule has 6 heteroatoms. The molecule has 1 aromatic heterocycles. The van der Waals surface area contributed by atoms with Gasteiger partial charge in [0.25, 0.3) is 5.69 Å². The molecule has 0 radical (unpaired) electrons. The van der Waals surface area contributed by atoms with E-state index in [1.807, 2.05) is 6.07 Å². The lowest BCUT2D eigenvalue weighted by Crippen LogP contribution is -2.03. The second kappa shape index (κ2) is 5.59. The fourth-order valence-electron chi connectivity index (χ4n) is 1.54. The molecule has 1 N–H and O–H groups in total. The maximum absolute atomic E-state index is 10.9. The van der Waals surface area contributed by atoms with Crippen molar-refractivity contribution >= 4 is 27.3 Å². The Labute approximate surface area is 112 Å². The van der Waals surface area contributed by atoms with E-state index in [9.17, 15) is 10.1 Å². The fraction of sp³-hybridized carbons (Fsp3) is 0.0833. The molecule has 0 unspecified atom stereocenters. The van der Waals surface area contributed by atoms with Gasteiger partial charge in [-0.2, -0.15) is 0 Å². The van der Waals surface area contributed by atoms with Gasteiger partial charge >= 0.3 is 0 Å². The summed E-state index contributed by atoms with van der Waals surface area (Å²) in [4.78, 5) is 14.5. The molecule has 18 heavy (non-hydrogen) atoms. The van der Waals surface area contributed by atoms with Crippen molar-refractivity contribution in [2.75, 3.05) is 5.32 Å². The van der Waals surface area contributed by atoms with Gasteiger partial charge in [-0.1, -0.05) is 15.9 Å². The molecule has 0 aliphatic rings. The van der Waals surface area contributed by atoms with Crippen LogP contribution in [0.25, 0.3) is 0 Å². The Morgan fingerprint density at radius 2 is 2.22 bits per heavy atom. The average molecular weight is 308 g/mol. The summed E-state index contributed by atoms with van der Waals surface area (Å²) in [5.74, 6) is 0. The van der Waals surface area contributed by atoms with Crippen LogP contribution in [0, 0.1) is 10.1 Å². The summed E-state index contributed by atoms with van der Waals surface area (Å²) in [6, 6.07) is 8.55. The van der Waals surface area contributed by atoms with Crippen molar-refractivity contribution in [1.82, 2.24) is 4.98 Å². The Morgan fingerprint density at radius 3 is 2.89 bits per heavy atom. The maximum Gasteiger partial charge on any atom is 0.274 e. The molecule has 0 bridgehead atoms. The zero-order valence-corrected chi connectivity index (χ0v) is 10.9. The maximum atomic E-state index is 10.9. The Balaban J connectivity index is 2.18. The summed E-state index contributed by atoms with van der Waals surface area (Å²) in [7, 11) is 0. The second-order valence-corrected chi connectivity index (χ2v) is 4.54. The first kappa shape index (κ1) is 12.5. The van der Waals surface area contributed by atoms with Gasteiger partial charge in [-0.3, -0.25) is 15.1 Å². The molecule has 92 valence electrons. The topological polar surface area (TPSA) is 68.1 Å². The number of hydrogen-bond donors (Lipinski definition) is 1. The third-order valence-corrected chi connectivity index (χ3v) is 2.88. The van der Waals surface area contributed by atoms with E-state index < -0.39 is 0 Å². The number of pyridine rings is 1. The summed E-state index contributed by atoms with van der Waals surface area (Å²) < 4.78 is 0.816. The van der Waals surface area contributed by atoms with Gasteiger partial charge in [0.1, 0.15) is 0 Å². The van der Waals surface area contributed by atoms with Crippen molar-refractivity contribution in [3.63, 3.8) is 0 Å². The molecule has 0 amide bonds. The normalized spacial score (nSPS) is 10.1. The summed E-state index contributed by atoms with van der Waals surface area (Å²) >= 11 is 3.31. The van der Waals surface area contributed by atoms with Gasteiger partial charge in [-0.15, -0.1) is 0 Å². The number of nitrogens with one attached hydrogen (secondary N) is 1. The molecule has 1 heterocycles. The highest BCUT2D eigenvalue weighted by Gasteiger charge is 2.13. The standard InChI is InChI=1S/C12H10BrN3O2/c13-10-3-4-12(16(17)18)9(6-10)7-15-11-2-1-5-14-8-11/h1-6,8,15H,7H2. The van der Waals surface area contributed by atoms with Crippen LogP contribution in [0.1, 0.15) is 5.56 Å². The van der Waals surface area contributed by atoms with Crippen molar-refractivity contribution in [1.29, 1.82) is 0 Å². The summed E-state index contributed by atoms with van der Waals surface area (Å²) in [6.45, 7) is 0.376. The molecule has 0 aliphatic carbocycles. The van der Waals surface area contributed by atoms with Gasteiger partial charge in [0.15, 0.2) is 0 Å². The Bertz CT molecular complexity index is 561. The fourth-order valence-corrected chi connectivity index (χ4v) is 1.95. The van der Waals surface area contributed by atoms with Gasteiger partial charge < -0.3 is 5.32 Å². The van der Waals surface area contributed by atoms with E-state index in [0.717, 1.165) is 10.2 Å². The highest BCUT2D eigenvalue weighted by molar-refractivity contribution is 9.10. The van der Waals surface area contributed by atoms with Crippen molar-refractivity contribution in [2.24, 2.45) is 0 Å². The molecular formula is C12H10BrN3O2. The smallest absolute Gasteiger partial charge is 0.274 e. The molecule has 2 aromatic rings. The van der Waals surface area contributed by atoms with E-state index in [0.29, 0.717) is 12.1 Å². The number of benzene rings is 1. The number of nitro benzene ring substituents is 1. The van der Waals surface area contributed by atoms with Gasteiger partial charge in [0.2, 0.25) is 0 Å². The van der Waals surface area contributed by atoms with E-state index >= 15 is 0 Å². The average Bonchev–Trinajstić information content (AvgIpc) is 2.37. The number of rotatable bonds is 4. The lowest BCUT2D eigenvalue weighted by atomic mass is 10.2. The summed E-state index contributed by atoms with van der Waals surface area (Å²) in [5.41, 5.74) is 1.56. The van der Waals surface area contributed by atoms with Gasteiger partial charge in [0.05, 0.1) is 10.6 Å². The molecule has 0 aliphatic heterocycles. The van der Waals surface area contributed by atoms with Gasteiger partial charge in [-0.05, 0) is 24.3 Å². The van der Waals surface area contributed by atoms with E-state index in [2.05, 4.69) is 26.2 Å². The first-order valence-electron chi connectivity index (χ1n) is 5.23. The molecule has 0 saturated heterocycles. The molecule has 2 rings (SSSR count). The van der Waals surface area contributed by atoms with E-state index in [1.165, 1.54) is 6.07 Å². The minimum absolute atomic E-state index is 0.106. The number of hydrogen-bond acceptors (Lipinski definition) is 4. The van der Waals surface area contributed by atoms with Gasteiger partial charge in [-0.25, -0.2) is 0 Å². The minimum Gasteiger partial charge on any atom is -0.379 e. The van der Waals surface area contributed by atoms with Crippen LogP contribution in [0.15, 0.2) is 47.2 Å². The van der Waals surface area contributed by atoms with Crippen molar-refractivity contribution in [2.45, 2.75) is 6.54 Å². The monoisotopic (exact) mass is 307 g/mol. The lowest BCUT2D eigenvalue weighted by Gasteiger charge is -2.07. The number of nitrogens with zero attached hydrogens (tertiary/aromatic N) is 2. The van der Waals surface area contributed by atoms with Crippen LogP contribution in [0.3, 0.4) is 0 Å². The summed E-state index contributed by atoms with van der Waals surface area (Å²) in [6.07, 6.45) is 3.34. The van der Waals surface area contributed by atoms with Crippen molar-refractivity contribution in [3.05, 3.63) is 62.9 Å².